The number of carbonyl (C=O) groups is 4. The molecule has 1 aliphatic carbocycles. The third kappa shape index (κ3) is 17.0. The van der Waals surface area contributed by atoms with Crippen molar-refractivity contribution in [1.82, 2.24) is 14.9 Å². The van der Waals surface area contributed by atoms with E-state index in [1.54, 1.807) is 30.8 Å². The first-order chi connectivity index (χ1) is 39.2. The zero-order valence-electron chi connectivity index (χ0n) is 46.4. The number of esters is 1. The van der Waals surface area contributed by atoms with Crippen molar-refractivity contribution in [2.24, 2.45) is 7.05 Å². The van der Waals surface area contributed by atoms with Gasteiger partial charge >= 0.3 is 18.3 Å². The summed E-state index contributed by atoms with van der Waals surface area (Å²) >= 11 is 25.7. The number of benzene rings is 4. The van der Waals surface area contributed by atoms with E-state index in [1.165, 1.54) is 6.20 Å². The summed E-state index contributed by atoms with van der Waals surface area (Å²) in [6.07, 6.45) is -5.41. The number of sulfone groups is 1. The van der Waals surface area contributed by atoms with Gasteiger partial charge in [-0.15, -0.1) is 11.6 Å². The van der Waals surface area contributed by atoms with Gasteiger partial charge in [0, 0.05) is 37.5 Å². The van der Waals surface area contributed by atoms with Crippen LogP contribution >= 0.6 is 62.3 Å². The highest BCUT2D eigenvalue weighted by atomic mass is 79.9. The molecule has 3 heterocycles. The van der Waals surface area contributed by atoms with Gasteiger partial charge in [0.1, 0.15) is 29.7 Å². The van der Waals surface area contributed by atoms with Crippen LogP contribution < -0.4 is 14.5 Å². The Bertz CT molecular complexity index is 3470. The Balaban J connectivity index is 0.000000208. The number of amides is 2. The normalized spacial score (nSPS) is 14.4. The van der Waals surface area contributed by atoms with Crippen LogP contribution in [0.5, 0.6) is 5.75 Å². The van der Waals surface area contributed by atoms with Crippen LogP contribution in [0.4, 0.5) is 42.1 Å². The fourth-order valence-electron chi connectivity index (χ4n) is 8.60. The summed E-state index contributed by atoms with van der Waals surface area (Å²) in [5.41, 5.74) is 0.701. The predicted molar refractivity (Wildman–Crippen MR) is 308 cm³/mol. The molecule has 2 atom stereocenters. The molecule has 456 valence electrons. The lowest BCUT2D eigenvalue weighted by Gasteiger charge is -2.35. The van der Waals surface area contributed by atoms with E-state index < -0.39 is 71.3 Å². The number of carbonyl (C=O) groups excluding carboxylic acids is 4. The Hall–Kier alpha value is -5.76. The summed E-state index contributed by atoms with van der Waals surface area (Å²) in [7, 11) is -1.32. The van der Waals surface area contributed by atoms with Crippen LogP contribution in [0.15, 0.2) is 92.9 Å². The largest absolute Gasteiger partial charge is 0.489 e. The standard InChI is InChI=1S/C15H12BrClF4N2O2.C15H22ClNO2.C15H12F3NO4S.C11H11Cl2NO2/c1-6(2)25-14(24)7-4-8(10(18)5-9(7)17)12-11(16)13(15(19,20)21)23(3)22-12;1-5-13-8-6-7-11(2)15(13)17(14(18)9-16)12(3)10-19-4;1-24(21,22)12-6-9(15(16,17)18)4-5-10(12)13(20)11-7-19-23-14(11)8-2-3-8;1-7-6-16-9-5-3-2-4-8(9)14(7)11(15)10(12)13/h4-6H,1-3H3;6-8,12H,5,9-10H2,1-4H3;4-8H,2-3H2,1H3;2-5,7,10H,6H2,1H3. The van der Waals surface area contributed by atoms with Crippen LogP contribution in [0.2, 0.25) is 5.02 Å². The fourth-order valence-corrected chi connectivity index (χ4v) is 10.8. The first-order valence-corrected chi connectivity index (χ1v) is 29.9. The van der Waals surface area contributed by atoms with E-state index in [4.69, 9.17) is 65.1 Å². The molecule has 28 heteroatoms. The number of nitrogens with zero attached hydrogens (tertiary/aromatic N) is 5. The Labute approximate surface area is 508 Å². The molecular formula is C56H57BrCl4F7N5O10S. The monoisotopic (exact) mass is 1340 g/mol. The number of hydrogen-bond donors (Lipinski definition) is 0. The molecule has 0 N–H and O–H groups in total. The van der Waals surface area contributed by atoms with Gasteiger partial charge in [-0.05, 0) is 123 Å². The smallest absolute Gasteiger partial charge is 0.434 e. The molecule has 0 radical (unpaired) electrons. The molecule has 8 rings (SSSR count). The summed E-state index contributed by atoms with van der Waals surface area (Å²) in [5, 5.41) is 7.05. The molecule has 15 nitrogen and oxygen atoms in total. The van der Waals surface area contributed by atoms with Crippen LogP contribution in [0.25, 0.3) is 11.3 Å². The number of hydrogen-bond acceptors (Lipinski definition) is 12. The van der Waals surface area contributed by atoms with E-state index in [9.17, 15) is 58.3 Å². The maximum atomic E-state index is 14.3. The van der Waals surface area contributed by atoms with Gasteiger partial charge < -0.3 is 28.5 Å². The summed E-state index contributed by atoms with van der Waals surface area (Å²) in [6.45, 7) is 12.1. The number of aromatic nitrogens is 3. The average Bonchev–Trinajstić information content (AvgIpc) is 4.07. The number of ether oxygens (including phenoxy) is 3. The minimum atomic E-state index is -4.71. The third-order valence-electron chi connectivity index (χ3n) is 12.5. The second kappa shape index (κ2) is 29.1. The lowest BCUT2D eigenvalue weighted by Crippen LogP contribution is -2.47. The SMILES string of the molecule is CC(C)OC(=O)c1cc(-c2nn(C)c(C(F)(F)F)c2Br)c(F)cc1Cl.CC1COc2ccccc2N1C(=O)C(Cl)Cl.CCc1cccc(C)c1N(C(=O)CCl)C(C)COC.CS(=O)(=O)c1cc(C(F)(F)F)ccc1C(=O)c1cnoc1C1CC1. The van der Waals surface area contributed by atoms with Crippen molar-refractivity contribution in [2.75, 3.05) is 42.3 Å². The number of aryl methyl sites for hydroxylation is 3. The molecule has 2 unspecified atom stereocenters. The molecule has 2 aromatic heterocycles. The summed E-state index contributed by atoms with van der Waals surface area (Å²) in [6, 6.07) is 17.2. The van der Waals surface area contributed by atoms with Gasteiger partial charge in [-0.25, -0.2) is 17.6 Å². The van der Waals surface area contributed by atoms with E-state index in [-0.39, 0.29) is 68.7 Å². The molecule has 2 amide bonds. The maximum Gasteiger partial charge on any atom is 0.434 e. The zero-order valence-corrected chi connectivity index (χ0v) is 51.8. The van der Waals surface area contributed by atoms with Gasteiger partial charge in [-0.2, -0.15) is 31.4 Å². The number of alkyl halides is 9. The number of rotatable bonds is 14. The van der Waals surface area contributed by atoms with Crippen LogP contribution in [-0.2, 0) is 54.7 Å². The zero-order chi connectivity index (χ0) is 62.9. The first-order valence-electron chi connectivity index (χ1n) is 25.4. The van der Waals surface area contributed by atoms with Crippen LogP contribution in [0.1, 0.15) is 108 Å². The van der Waals surface area contributed by atoms with Gasteiger partial charge in [0.15, 0.2) is 31.9 Å². The van der Waals surface area contributed by atoms with E-state index in [0.29, 0.717) is 41.5 Å². The highest BCUT2D eigenvalue weighted by Crippen LogP contribution is 2.44. The number of anilines is 2. The molecule has 4 aromatic carbocycles. The molecule has 2 aliphatic rings. The first kappa shape index (κ1) is 69.0. The van der Waals surface area contributed by atoms with Crippen molar-refractivity contribution in [3.63, 3.8) is 0 Å². The second-order valence-electron chi connectivity index (χ2n) is 19.4. The van der Waals surface area contributed by atoms with Crippen molar-refractivity contribution in [1.29, 1.82) is 0 Å². The molecule has 1 aliphatic heterocycles. The molecule has 0 spiro atoms. The van der Waals surface area contributed by atoms with Crippen molar-refractivity contribution in [3.05, 3.63) is 139 Å². The number of methoxy groups -OCH3 is 1. The van der Waals surface area contributed by atoms with E-state index >= 15 is 0 Å². The molecule has 0 saturated heterocycles. The molecule has 84 heavy (non-hydrogen) atoms. The van der Waals surface area contributed by atoms with Gasteiger partial charge in [0.05, 0.1) is 73.4 Å². The third-order valence-corrected chi connectivity index (χ3v) is 15.3. The summed E-state index contributed by atoms with van der Waals surface area (Å²) in [5.74, 6) is -1.80. The number of ketones is 1. The Morgan fingerprint density at radius 1 is 0.929 bits per heavy atom. The van der Waals surface area contributed by atoms with Crippen molar-refractivity contribution in [3.8, 4) is 17.0 Å². The van der Waals surface area contributed by atoms with Crippen LogP contribution in [0, 0.1) is 12.7 Å². The van der Waals surface area contributed by atoms with Crippen molar-refractivity contribution in [2.45, 2.75) is 107 Å². The molecule has 0 bridgehead atoms. The summed E-state index contributed by atoms with van der Waals surface area (Å²) < 4.78 is 137. The molecular weight excluding hydrogens is 1290 g/mol. The predicted octanol–water partition coefficient (Wildman–Crippen LogP) is 14.2. The second-order valence-corrected chi connectivity index (χ2v) is 23.9. The average molecular weight is 1350 g/mol. The van der Waals surface area contributed by atoms with Crippen molar-refractivity contribution < 1.29 is 77.1 Å². The van der Waals surface area contributed by atoms with Gasteiger partial charge in [-0.1, -0.05) is 77.2 Å². The molecule has 6 aromatic rings. The lowest BCUT2D eigenvalue weighted by atomic mass is 10.0. The number of halogens is 12. The lowest BCUT2D eigenvalue weighted by molar-refractivity contribution is -0.144. The highest BCUT2D eigenvalue weighted by Gasteiger charge is 2.40. The minimum absolute atomic E-state index is 0.0223. The van der Waals surface area contributed by atoms with Gasteiger partial charge in [0.25, 0.3) is 5.91 Å². The Morgan fingerprint density at radius 3 is 2.13 bits per heavy atom. The number of para-hydroxylation sites is 3. The van der Waals surface area contributed by atoms with Crippen LogP contribution in [0.3, 0.4) is 0 Å². The Morgan fingerprint density at radius 2 is 1.58 bits per heavy atom. The molecule has 1 fully saturated rings. The molecule has 1 saturated carbocycles. The quantitative estimate of drug-likeness (QED) is 0.0436. The number of fused-ring (bicyclic) bond motifs is 1. The highest BCUT2D eigenvalue weighted by molar-refractivity contribution is 9.10. The fraction of sp³-hybridized carbons (Fsp3) is 0.393. The summed E-state index contributed by atoms with van der Waals surface area (Å²) in [4.78, 5) is 50.4. The van der Waals surface area contributed by atoms with E-state index in [2.05, 4.69) is 39.2 Å². The Kier molecular flexibility index (Phi) is 23.9. The van der Waals surface area contributed by atoms with E-state index in [1.807, 2.05) is 57.2 Å². The van der Waals surface area contributed by atoms with Gasteiger partial charge in [0.2, 0.25) is 5.91 Å². The minimum Gasteiger partial charge on any atom is -0.489 e. The van der Waals surface area contributed by atoms with Crippen LogP contribution in [-0.4, -0.2) is 102 Å². The van der Waals surface area contributed by atoms with Crippen molar-refractivity contribution >= 4 is 107 Å². The maximum absolute atomic E-state index is 14.3. The van der Waals surface area contributed by atoms with E-state index in [0.717, 1.165) is 73.3 Å². The van der Waals surface area contributed by atoms with Gasteiger partial charge in [-0.3, -0.25) is 19.1 Å². The topological polar surface area (TPSA) is 180 Å².